The minimum absolute atomic E-state index is 0.0511. The van der Waals surface area contributed by atoms with Gasteiger partial charge in [-0.15, -0.1) is 0 Å². The smallest absolute Gasteiger partial charge is 0.435 e. The van der Waals surface area contributed by atoms with Crippen molar-refractivity contribution in [2.24, 2.45) is 7.05 Å². The third kappa shape index (κ3) is 2.46. The maximum absolute atomic E-state index is 12.5. The molecular weight excluding hydrogens is 225 g/mol. The lowest BCUT2D eigenvalue weighted by molar-refractivity contribution is -0.142. The summed E-state index contributed by atoms with van der Waals surface area (Å²) in [6.45, 7) is 2.60. The predicted octanol–water partition coefficient (Wildman–Crippen LogP) is 1.72. The molecule has 0 aliphatic rings. The van der Waals surface area contributed by atoms with Crippen molar-refractivity contribution in [3.05, 3.63) is 11.3 Å². The Morgan fingerprint density at radius 1 is 1.44 bits per heavy atom. The molecule has 0 aliphatic heterocycles. The van der Waals surface area contributed by atoms with Crippen molar-refractivity contribution >= 4 is 0 Å². The molecule has 4 nitrogen and oxygen atoms in total. The number of rotatable bonds is 3. The molecule has 92 valence electrons. The van der Waals surface area contributed by atoms with E-state index in [2.05, 4.69) is 5.10 Å². The van der Waals surface area contributed by atoms with Gasteiger partial charge in [0.15, 0.2) is 5.69 Å². The van der Waals surface area contributed by atoms with Gasteiger partial charge >= 0.3 is 6.18 Å². The summed E-state index contributed by atoms with van der Waals surface area (Å²) in [4.78, 5) is 0. The van der Waals surface area contributed by atoms with Gasteiger partial charge in [-0.3, -0.25) is 0 Å². The number of aliphatic hydroxyl groups excluding tert-OH is 1. The first-order chi connectivity index (χ1) is 7.27. The van der Waals surface area contributed by atoms with Crippen LogP contribution < -0.4 is 4.74 Å². The zero-order valence-electron chi connectivity index (χ0n) is 9.17. The van der Waals surface area contributed by atoms with Crippen LogP contribution in [0.4, 0.5) is 13.2 Å². The van der Waals surface area contributed by atoms with Crippen molar-refractivity contribution in [3.63, 3.8) is 0 Å². The van der Waals surface area contributed by atoms with Gasteiger partial charge in [0.25, 0.3) is 0 Å². The summed E-state index contributed by atoms with van der Waals surface area (Å²) >= 11 is 0. The molecule has 1 aromatic rings. The van der Waals surface area contributed by atoms with Crippen LogP contribution in [0.5, 0.6) is 5.88 Å². The lowest BCUT2D eigenvalue weighted by atomic mass is 10.2. The van der Waals surface area contributed by atoms with Crippen molar-refractivity contribution in [1.82, 2.24) is 9.78 Å². The standard InChI is InChI=1S/C9H13F3N2O2/c1-5(2)16-8-6(4-15)7(9(10,11)12)13-14(8)3/h5,15H,4H2,1-3H3. The van der Waals surface area contributed by atoms with E-state index in [1.54, 1.807) is 13.8 Å². The SMILES string of the molecule is CC(C)Oc1c(CO)c(C(F)(F)F)nn1C. The number of ether oxygens (including phenoxy) is 1. The molecule has 0 atom stereocenters. The number of hydrogen-bond acceptors (Lipinski definition) is 3. The van der Waals surface area contributed by atoms with Crippen LogP contribution in [0, 0.1) is 0 Å². The topological polar surface area (TPSA) is 47.3 Å². The van der Waals surface area contributed by atoms with E-state index in [0.717, 1.165) is 4.68 Å². The van der Waals surface area contributed by atoms with E-state index in [1.807, 2.05) is 0 Å². The summed E-state index contributed by atoms with van der Waals surface area (Å²) in [5.41, 5.74) is -1.43. The lowest BCUT2D eigenvalue weighted by Crippen LogP contribution is -2.11. The highest BCUT2D eigenvalue weighted by atomic mass is 19.4. The van der Waals surface area contributed by atoms with Gasteiger partial charge in [-0.2, -0.15) is 18.3 Å². The number of halogens is 3. The Balaban J connectivity index is 3.24. The normalized spacial score (nSPS) is 12.2. The van der Waals surface area contributed by atoms with Gasteiger partial charge in [0.05, 0.1) is 18.3 Å². The number of aryl methyl sites for hydroxylation is 1. The van der Waals surface area contributed by atoms with Gasteiger partial charge in [0.2, 0.25) is 5.88 Å². The monoisotopic (exact) mass is 238 g/mol. The highest BCUT2D eigenvalue weighted by Gasteiger charge is 2.39. The molecule has 1 aromatic heterocycles. The van der Waals surface area contributed by atoms with Gasteiger partial charge in [-0.1, -0.05) is 0 Å². The third-order valence-electron chi connectivity index (χ3n) is 1.86. The molecule has 0 unspecified atom stereocenters. The average molecular weight is 238 g/mol. The van der Waals surface area contributed by atoms with Crippen LogP contribution in [-0.4, -0.2) is 21.0 Å². The van der Waals surface area contributed by atoms with Crippen LogP contribution in [0.2, 0.25) is 0 Å². The first kappa shape index (κ1) is 12.8. The third-order valence-corrected chi connectivity index (χ3v) is 1.86. The summed E-state index contributed by atoms with van der Waals surface area (Å²) in [5, 5.41) is 12.3. The molecule has 0 radical (unpaired) electrons. The first-order valence-electron chi connectivity index (χ1n) is 4.68. The molecule has 0 saturated heterocycles. The summed E-state index contributed by atoms with van der Waals surface area (Å²) in [7, 11) is 1.34. The Kier molecular flexibility index (Phi) is 3.47. The van der Waals surface area contributed by atoms with Crippen LogP contribution >= 0.6 is 0 Å². The summed E-state index contributed by atoms with van der Waals surface area (Å²) in [5.74, 6) is -0.0511. The second kappa shape index (κ2) is 4.32. The van der Waals surface area contributed by atoms with Crippen molar-refractivity contribution in [1.29, 1.82) is 0 Å². The van der Waals surface area contributed by atoms with Crippen LogP contribution in [0.15, 0.2) is 0 Å². The molecule has 0 aromatic carbocycles. The zero-order valence-corrected chi connectivity index (χ0v) is 9.17. The lowest BCUT2D eigenvalue weighted by Gasteiger charge is -2.11. The van der Waals surface area contributed by atoms with Gasteiger partial charge < -0.3 is 9.84 Å². The molecule has 1 rings (SSSR count). The fourth-order valence-corrected chi connectivity index (χ4v) is 1.29. The Bertz CT molecular complexity index is 372. The predicted molar refractivity (Wildman–Crippen MR) is 49.9 cm³/mol. The molecular formula is C9H13F3N2O2. The highest BCUT2D eigenvalue weighted by molar-refractivity contribution is 5.32. The maximum atomic E-state index is 12.5. The Labute approximate surface area is 90.6 Å². The fourth-order valence-electron chi connectivity index (χ4n) is 1.29. The van der Waals surface area contributed by atoms with Gasteiger partial charge in [0.1, 0.15) is 0 Å². The Morgan fingerprint density at radius 3 is 2.38 bits per heavy atom. The summed E-state index contributed by atoms with van der Waals surface area (Å²) in [6.07, 6.45) is -4.88. The molecule has 16 heavy (non-hydrogen) atoms. The highest BCUT2D eigenvalue weighted by Crippen LogP contribution is 2.35. The second-order valence-electron chi connectivity index (χ2n) is 3.58. The van der Waals surface area contributed by atoms with Crippen molar-refractivity contribution < 1.29 is 23.0 Å². The zero-order chi connectivity index (χ0) is 12.5. The molecule has 0 fully saturated rings. The summed E-state index contributed by atoms with van der Waals surface area (Å²) < 4.78 is 43.7. The fraction of sp³-hybridized carbons (Fsp3) is 0.667. The van der Waals surface area contributed by atoms with Crippen LogP contribution in [-0.2, 0) is 19.8 Å². The Hall–Kier alpha value is -1.24. The minimum atomic E-state index is -4.59. The van der Waals surface area contributed by atoms with Crippen LogP contribution in [0.25, 0.3) is 0 Å². The molecule has 1 N–H and O–H groups in total. The number of hydrogen-bond donors (Lipinski definition) is 1. The van der Waals surface area contributed by atoms with E-state index in [0.29, 0.717) is 0 Å². The molecule has 0 saturated carbocycles. The number of nitrogens with zero attached hydrogens (tertiary/aromatic N) is 2. The minimum Gasteiger partial charge on any atom is -0.475 e. The van der Waals surface area contributed by atoms with Crippen molar-refractivity contribution in [2.45, 2.75) is 32.7 Å². The van der Waals surface area contributed by atoms with Crippen LogP contribution in [0.1, 0.15) is 25.1 Å². The number of aliphatic hydroxyl groups is 1. The van der Waals surface area contributed by atoms with E-state index in [9.17, 15) is 13.2 Å². The molecule has 0 bridgehead atoms. The molecule has 7 heteroatoms. The molecule has 1 heterocycles. The van der Waals surface area contributed by atoms with Gasteiger partial charge in [-0.05, 0) is 13.8 Å². The molecule has 0 spiro atoms. The van der Waals surface area contributed by atoms with E-state index >= 15 is 0 Å². The quantitative estimate of drug-likeness (QED) is 0.872. The molecule has 0 amide bonds. The van der Waals surface area contributed by atoms with Gasteiger partial charge in [0, 0.05) is 7.05 Å². The van der Waals surface area contributed by atoms with Crippen LogP contribution in [0.3, 0.4) is 0 Å². The largest absolute Gasteiger partial charge is 0.475 e. The number of aromatic nitrogens is 2. The second-order valence-corrected chi connectivity index (χ2v) is 3.58. The van der Waals surface area contributed by atoms with Crippen molar-refractivity contribution in [3.8, 4) is 5.88 Å². The van der Waals surface area contributed by atoms with E-state index in [4.69, 9.17) is 9.84 Å². The number of alkyl halides is 3. The van der Waals surface area contributed by atoms with E-state index < -0.39 is 18.5 Å². The first-order valence-corrected chi connectivity index (χ1v) is 4.68. The van der Waals surface area contributed by atoms with Crippen molar-refractivity contribution in [2.75, 3.05) is 0 Å². The molecule has 0 aliphatic carbocycles. The maximum Gasteiger partial charge on any atom is 0.435 e. The van der Waals surface area contributed by atoms with E-state index in [1.165, 1.54) is 7.05 Å². The summed E-state index contributed by atoms with van der Waals surface area (Å²) in [6, 6.07) is 0. The van der Waals surface area contributed by atoms with E-state index in [-0.39, 0.29) is 17.5 Å². The Morgan fingerprint density at radius 2 is 2.00 bits per heavy atom. The van der Waals surface area contributed by atoms with Gasteiger partial charge in [-0.25, -0.2) is 4.68 Å². The average Bonchev–Trinajstić information content (AvgIpc) is 2.42.